The summed E-state index contributed by atoms with van der Waals surface area (Å²) in [4.78, 5) is 11.6. The van der Waals surface area contributed by atoms with E-state index in [1.54, 1.807) is 0 Å². The lowest BCUT2D eigenvalue weighted by Gasteiger charge is -2.11. The molecule has 0 heterocycles. The second kappa shape index (κ2) is 7.04. The normalized spacial score (nSPS) is 10.6. The van der Waals surface area contributed by atoms with Crippen LogP contribution < -0.4 is 10.6 Å². The maximum absolute atomic E-state index is 11.6. The van der Waals surface area contributed by atoms with E-state index in [-0.39, 0.29) is 18.6 Å². The molecule has 4 nitrogen and oxygen atoms in total. The summed E-state index contributed by atoms with van der Waals surface area (Å²) in [5, 5.41) is 5.91. The van der Waals surface area contributed by atoms with Crippen LogP contribution in [0, 0.1) is 0 Å². The van der Waals surface area contributed by atoms with E-state index in [2.05, 4.69) is 10.6 Å². The summed E-state index contributed by atoms with van der Waals surface area (Å²) in [6, 6.07) is 7.72. The average Bonchev–Trinajstić information content (AvgIpc) is 2.29. The summed E-state index contributed by atoms with van der Waals surface area (Å²) in [6.45, 7) is 4.62. The molecule has 1 aromatic carbocycles. The van der Waals surface area contributed by atoms with Crippen LogP contribution in [0.1, 0.15) is 19.4 Å². The molecule has 4 heteroatoms. The Morgan fingerprint density at radius 2 is 2.06 bits per heavy atom. The molecule has 1 amide bonds. The summed E-state index contributed by atoms with van der Waals surface area (Å²) < 4.78 is 5.25. The van der Waals surface area contributed by atoms with Gasteiger partial charge in [0, 0.05) is 12.2 Å². The van der Waals surface area contributed by atoms with Crippen LogP contribution in [0.5, 0.6) is 0 Å². The predicted octanol–water partition coefficient (Wildman–Crippen LogP) is 1.77. The molecular formula is C13H20N2O2. The quantitative estimate of drug-likeness (QED) is 0.791. The first-order valence-electron chi connectivity index (χ1n) is 5.77. The highest BCUT2D eigenvalue weighted by atomic mass is 16.5. The monoisotopic (exact) mass is 236 g/mol. The highest BCUT2D eigenvalue weighted by Gasteiger charge is 2.06. The lowest BCUT2D eigenvalue weighted by molar-refractivity contribution is -0.121. The van der Waals surface area contributed by atoms with Gasteiger partial charge < -0.3 is 15.4 Å². The van der Waals surface area contributed by atoms with Gasteiger partial charge in [-0.1, -0.05) is 18.2 Å². The fraction of sp³-hybridized carbons (Fsp3) is 0.462. The molecule has 0 atom stereocenters. The molecule has 94 valence electrons. The SMILES string of the molecule is CNCc1ccccc1NC(=O)COC(C)C. The smallest absolute Gasteiger partial charge is 0.250 e. The van der Waals surface area contributed by atoms with Gasteiger partial charge in [0.25, 0.3) is 0 Å². The molecule has 0 aliphatic carbocycles. The first kappa shape index (κ1) is 13.7. The summed E-state index contributed by atoms with van der Waals surface area (Å²) >= 11 is 0. The number of rotatable bonds is 6. The molecule has 1 rings (SSSR count). The number of carbonyl (C=O) groups is 1. The molecule has 1 aromatic rings. The molecule has 0 spiro atoms. The Labute approximate surface area is 102 Å². The van der Waals surface area contributed by atoms with Crippen LogP contribution in [0.3, 0.4) is 0 Å². The number of nitrogens with one attached hydrogen (secondary N) is 2. The zero-order valence-electron chi connectivity index (χ0n) is 10.6. The third-order valence-electron chi connectivity index (χ3n) is 2.21. The topological polar surface area (TPSA) is 50.4 Å². The van der Waals surface area contributed by atoms with Crippen LogP contribution in [0.15, 0.2) is 24.3 Å². The Bertz CT molecular complexity index is 364. The zero-order chi connectivity index (χ0) is 12.7. The van der Waals surface area contributed by atoms with Crippen LogP contribution in [-0.2, 0) is 16.1 Å². The Morgan fingerprint density at radius 1 is 1.35 bits per heavy atom. The highest BCUT2D eigenvalue weighted by Crippen LogP contribution is 2.14. The number of hydrogen-bond donors (Lipinski definition) is 2. The van der Waals surface area contributed by atoms with Gasteiger partial charge in [-0.25, -0.2) is 0 Å². The van der Waals surface area contributed by atoms with Gasteiger partial charge in [0.15, 0.2) is 0 Å². The minimum absolute atomic E-state index is 0.0632. The van der Waals surface area contributed by atoms with Crippen molar-refractivity contribution in [1.29, 1.82) is 0 Å². The highest BCUT2D eigenvalue weighted by molar-refractivity contribution is 5.92. The Balaban J connectivity index is 2.58. The van der Waals surface area contributed by atoms with Crippen LogP contribution in [0.25, 0.3) is 0 Å². The molecule has 0 saturated carbocycles. The van der Waals surface area contributed by atoms with E-state index in [0.29, 0.717) is 0 Å². The zero-order valence-corrected chi connectivity index (χ0v) is 10.6. The molecule has 0 saturated heterocycles. The Hall–Kier alpha value is -1.39. The van der Waals surface area contributed by atoms with Crippen molar-refractivity contribution in [3.8, 4) is 0 Å². The molecule has 17 heavy (non-hydrogen) atoms. The van der Waals surface area contributed by atoms with E-state index in [1.807, 2.05) is 45.2 Å². The number of amides is 1. The van der Waals surface area contributed by atoms with E-state index in [1.165, 1.54) is 0 Å². The van der Waals surface area contributed by atoms with Gasteiger partial charge >= 0.3 is 0 Å². The number of carbonyl (C=O) groups excluding carboxylic acids is 1. The number of ether oxygens (including phenoxy) is 1. The van der Waals surface area contributed by atoms with Gasteiger partial charge in [-0.2, -0.15) is 0 Å². The minimum Gasteiger partial charge on any atom is -0.369 e. The second-order valence-corrected chi connectivity index (χ2v) is 4.10. The van der Waals surface area contributed by atoms with Crippen LogP contribution in [-0.4, -0.2) is 25.7 Å². The molecular weight excluding hydrogens is 216 g/mol. The summed E-state index contributed by atoms with van der Waals surface area (Å²) in [5.74, 6) is -0.123. The molecule has 0 aromatic heterocycles. The molecule has 0 bridgehead atoms. The second-order valence-electron chi connectivity index (χ2n) is 4.10. The van der Waals surface area contributed by atoms with Crippen LogP contribution >= 0.6 is 0 Å². The largest absolute Gasteiger partial charge is 0.369 e. The van der Waals surface area contributed by atoms with Crippen molar-refractivity contribution in [1.82, 2.24) is 5.32 Å². The molecule has 0 fully saturated rings. The van der Waals surface area contributed by atoms with Gasteiger partial charge in [0.1, 0.15) is 6.61 Å². The predicted molar refractivity (Wildman–Crippen MR) is 68.9 cm³/mol. The van der Waals surface area contributed by atoms with E-state index in [0.717, 1.165) is 17.8 Å². The van der Waals surface area contributed by atoms with Gasteiger partial charge in [-0.05, 0) is 32.5 Å². The third-order valence-corrected chi connectivity index (χ3v) is 2.21. The summed E-state index contributed by atoms with van der Waals surface area (Å²) in [7, 11) is 1.88. The molecule has 0 aliphatic rings. The van der Waals surface area contributed by atoms with Crippen molar-refractivity contribution in [2.45, 2.75) is 26.5 Å². The van der Waals surface area contributed by atoms with Gasteiger partial charge in [0.05, 0.1) is 6.10 Å². The minimum atomic E-state index is -0.123. The molecule has 0 aliphatic heterocycles. The Kier molecular flexibility index (Phi) is 5.66. The van der Waals surface area contributed by atoms with Crippen LogP contribution in [0.2, 0.25) is 0 Å². The summed E-state index contributed by atoms with van der Waals surface area (Å²) in [5.41, 5.74) is 1.90. The Morgan fingerprint density at radius 3 is 2.71 bits per heavy atom. The molecule has 2 N–H and O–H groups in total. The van der Waals surface area contributed by atoms with Crippen molar-refractivity contribution in [2.24, 2.45) is 0 Å². The van der Waals surface area contributed by atoms with Crippen molar-refractivity contribution < 1.29 is 9.53 Å². The van der Waals surface area contributed by atoms with E-state index >= 15 is 0 Å². The third kappa shape index (κ3) is 4.97. The standard InChI is InChI=1S/C13H20N2O2/c1-10(2)17-9-13(16)15-12-7-5-4-6-11(12)8-14-3/h4-7,10,14H,8-9H2,1-3H3,(H,15,16). The fourth-order valence-corrected chi connectivity index (χ4v) is 1.42. The van der Waals surface area contributed by atoms with Crippen molar-refractivity contribution in [3.63, 3.8) is 0 Å². The number of benzene rings is 1. The molecule has 0 radical (unpaired) electrons. The average molecular weight is 236 g/mol. The summed E-state index contributed by atoms with van der Waals surface area (Å²) in [6.07, 6.45) is 0.0632. The van der Waals surface area contributed by atoms with Gasteiger partial charge in [0.2, 0.25) is 5.91 Å². The van der Waals surface area contributed by atoms with Crippen molar-refractivity contribution in [2.75, 3.05) is 19.0 Å². The molecule has 0 unspecified atom stereocenters. The lowest BCUT2D eigenvalue weighted by Crippen LogP contribution is -2.21. The van der Waals surface area contributed by atoms with E-state index < -0.39 is 0 Å². The maximum atomic E-state index is 11.6. The lowest BCUT2D eigenvalue weighted by atomic mass is 10.2. The number of hydrogen-bond acceptors (Lipinski definition) is 3. The van der Waals surface area contributed by atoms with Crippen molar-refractivity contribution in [3.05, 3.63) is 29.8 Å². The first-order chi connectivity index (χ1) is 8.13. The first-order valence-corrected chi connectivity index (χ1v) is 5.77. The van der Waals surface area contributed by atoms with Crippen LogP contribution in [0.4, 0.5) is 5.69 Å². The van der Waals surface area contributed by atoms with Gasteiger partial charge in [-0.15, -0.1) is 0 Å². The van der Waals surface area contributed by atoms with Crippen molar-refractivity contribution >= 4 is 11.6 Å². The maximum Gasteiger partial charge on any atom is 0.250 e. The number of para-hydroxylation sites is 1. The fourth-order valence-electron chi connectivity index (χ4n) is 1.42. The van der Waals surface area contributed by atoms with Gasteiger partial charge in [-0.3, -0.25) is 4.79 Å². The van der Waals surface area contributed by atoms with E-state index in [4.69, 9.17) is 4.74 Å². The number of anilines is 1. The van der Waals surface area contributed by atoms with E-state index in [9.17, 15) is 4.79 Å².